The van der Waals surface area contributed by atoms with E-state index in [-0.39, 0.29) is 0 Å². The molecular weight excluding hydrogens is 304 g/mol. The van der Waals surface area contributed by atoms with Crippen molar-refractivity contribution in [3.63, 3.8) is 0 Å². The van der Waals surface area contributed by atoms with Crippen molar-refractivity contribution in [2.24, 2.45) is 0 Å². The molecule has 3 nitrogen and oxygen atoms in total. The minimum atomic E-state index is 0.444. The summed E-state index contributed by atoms with van der Waals surface area (Å²) < 4.78 is 5.18. The highest BCUT2D eigenvalue weighted by atomic mass is 35.5. The third-order valence-corrected chi connectivity index (χ3v) is 4.62. The van der Waals surface area contributed by atoms with Gasteiger partial charge in [0.25, 0.3) is 0 Å². The number of nitrogens with zero attached hydrogens (tertiary/aromatic N) is 2. The summed E-state index contributed by atoms with van der Waals surface area (Å²) >= 11 is 7.67. The molecular formula is C16H13ClN2OS. The Labute approximate surface area is 132 Å². The van der Waals surface area contributed by atoms with Gasteiger partial charge in [-0.2, -0.15) is 0 Å². The van der Waals surface area contributed by atoms with Crippen LogP contribution in [0.4, 0.5) is 0 Å². The zero-order valence-electron chi connectivity index (χ0n) is 11.4. The van der Waals surface area contributed by atoms with Crippen LogP contribution in [0.15, 0.2) is 48.8 Å². The van der Waals surface area contributed by atoms with Gasteiger partial charge in [-0.15, -0.1) is 22.9 Å². The Morgan fingerprint density at radius 3 is 2.57 bits per heavy atom. The molecule has 0 atom stereocenters. The molecule has 1 aromatic carbocycles. The Morgan fingerprint density at radius 1 is 1.14 bits per heavy atom. The topological polar surface area (TPSA) is 35.0 Å². The number of aromatic nitrogens is 2. The highest BCUT2D eigenvalue weighted by Gasteiger charge is 2.13. The Bertz CT molecular complexity index is 726. The summed E-state index contributed by atoms with van der Waals surface area (Å²) in [5.41, 5.74) is 2.97. The first-order chi connectivity index (χ1) is 10.3. The van der Waals surface area contributed by atoms with Crippen LogP contribution in [0.2, 0.25) is 0 Å². The summed E-state index contributed by atoms with van der Waals surface area (Å²) in [6.07, 6.45) is 3.57. The van der Waals surface area contributed by atoms with E-state index in [9.17, 15) is 0 Å². The molecule has 0 fully saturated rings. The van der Waals surface area contributed by atoms with Gasteiger partial charge in [-0.3, -0.25) is 4.98 Å². The molecule has 5 heteroatoms. The fourth-order valence-corrected chi connectivity index (χ4v) is 3.24. The van der Waals surface area contributed by atoms with Crippen molar-refractivity contribution in [2.75, 3.05) is 7.11 Å². The first-order valence-corrected chi connectivity index (χ1v) is 7.77. The molecule has 0 saturated heterocycles. The van der Waals surface area contributed by atoms with E-state index in [1.54, 1.807) is 24.6 Å². The minimum absolute atomic E-state index is 0.444. The van der Waals surface area contributed by atoms with Crippen LogP contribution in [0, 0.1) is 0 Å². The average molecular weight is 317 g/mol. The van der Waals surface area contributed by atoms with Crippen molar-refractivity contribution < 1.29 is 4.74 Å². The molecule has 2 aromatic heterocycles. The highest BCUT2D eigenvalue weighted by Crippen LogP contribution is 2.35. The summed E-state index contributed by atoms with van der Waals surface area (Å²) in [6, 6.07) is 11.8. The summed E-state index contributed by atoms with van der Waals surface area (Å²) in [7, 11) is 1.66. The van der Waals surface area contributed by atoms with Gasteiger partial charge in [-0.05, 0) is 36.4 Å². The number of ether oxygens (including phenoxy) is 1. The van der Waals surface area contributed by atoms with Crippen LogP contribution in [-0.2, 0) is 5.88 Å². The van der Waals surface area contributed by atoms with Crippen molar-refractivity contribution in [3.8, 4) is 27.6 Å². The highest BCUT2D eigenvalue weighted by molar-refractivity contribution is 7.15. The molecule has 0 amide bonds. The molecule has 0 aliphatic carbocycles. The SMILES string of the molecule is COc1ccc(-c2nc(-c3cccnc3)sc2CCl)cc1. The van der Waals surface area contributed by atoms with Crippen LogP contribution >= 0.6 is 22.9 Å². The zero-order valence-corrected chi connectivity index (χ0v) is 13.0. The lowest BCUT2D eigenvalue weighted by atomic mass is 10.1. The zero-order chi connectivity index (χ0) is 14.7. The Kier molecular flexibility index (Phi) is 4.18. The van der Waals surface area contributed by atoms with Gasteiger partial charge in [0.2, 0.25) is 0 Å². The third kappa shape index (κ3) is 2.91. The lowest BCUT2D eigenvalue weighted by Gasteiger charge is -2.02. The van der Waals surface area contributed by atoms with E-state index in [2.05, 4.69) is 4.98 Å². The van der Waals surface area contributed by atoms with E-state index in [0.29, 0.717) is 5.88 Å². The van der Waals surface area contributed by atoms with Crippen molar-refractivity contribution in [1.29, 1.82) is 0 Å². The summed E-state index contributed by atoms with van der Waals surface area (Å²) in [5, 5.41) is 0.935. The Balaban J connectivity index is 2.03. The molecule has 0 saturated carbocycles. The van der Waals surface area contributed by atoms with Crippen LogP contribution in [0.25, 0.3) is 21.8 Å². The number of hydrogen-bond donors (Lipinski definition) is 0. The first kappa shape index (κ1) is 14.0. The molecule has 0 spiro atoms. The third-order valence-electron chi connectivity index (χ3n) is 3.09. The number of methoxy groups -OCH3 is 1. The Hall–Kier alpha value is -1.91. The van der Waals surface area contributed by atoms with E-state index in [1.165, 1.54) is 0 Å². The summed E-state index contributed by atoms with van der Waals surface area (Å²) in [4.78, 5) is 9.92. The number of thiazole rings is 1. The monoisotopic (exact) mass is 316 g/mol. The molecule has 0 N–H and O–H groups in total. The predicted octanol–water partition coefficient (Wildman–Crippen LogP) is 4.62. The van der Waals surface area contributed by atoms with E-state index in [1.807, 2.05) is 42.6 Å². The van der Waals surface area contributed by atoms with Crippen LogP contribution in [0.1, 0.15) is 4.88 Å². The number of alkyl halides is 1. The standard InChI is InChI=1S/C16H13ClN2OS/c1-20-13-6-4-11(5-7-13)15-14(9-17)21-16(19-15)12-3-2-8-18-10-12/h2-8,10H,9H2,1H3. The molecule has 0 aliphatic rings. The first-order valence-electron chi connectivity index (χ1n) is 6.42. The lowest BCUT2D eigenvalue weighted by molar-refractivity contribution is 0.415. The number of halogens is 1. The maximum atomic E-state index is 6.07. The molecule has 3 aromatic rings. The van der Waals surface area contributed by atoms with Crippen LogP contribution in [0.3, 0.4) is 0 Å². The van der Waals surface area contributed by atoms with E-state index in [4.69, 9.17) is 21.3 Å². The Morgan fingerprint density at radius 2 is 1.95 bits per heavy atom. The van der Waals surface area contributed by atoms with Gasteiger partial charge < -0.3 is 4.74 Å². The van der Waals surface area contributed by atoms with Gasteiger partial charge >= 0.3 is 0 Å². The summed E-state index contributed by atoms with van der Waals surface area (Å²) in [5.74, 6) is 1.27. The second kappa shape index (κ2) is 6.24. The summed E-state index contributed by atoms with van der Waals surface area (Å²) in [6.45, 7) is 0. The van der Waals surface area contributed by atoms with Gasteiger partial charge in [0.1, 0.15) is 10.8 Å². The largest absolute Gasteiger partial charge is 0.497 e. The van der Waals surface area contributed by atoms with E-state index in [0.717, 1.165) is 32.5 Å². The molecule has 2 heterocycles. The van der Waals surface area contributed by atoms with Crippen LogP contribution in [-0.4, -0.2) is 17.1 Å². The predicted molar refractivity (Wildman–Crippen MR) is 86.9 cm³/mol. The second-order valence-corrected chi connectivity index (χ2v) is 5.75. The molecule has 0 unspecified atom stereocenters. The van der Waals surface area contributed by atoms with Gasteiger partial charge in [-0.25, -0.2) is 4.98 Å². The van der Waals surface area contributed by atoms with Crippen molar-refractivity contribution >= 4 is 22.9 Å². The second-order valence-electron chi connectivity index (χ2n) is 4.39. The van der Waals surface area contributed by atoms with Crippen LogP contribution in [0.5, 0.6) is 5.75 Å². The normalized spacial score (nSPS) is 10.6. The molecule has 0 radical (unpaired) electrons. The quantitative estimate of drug-likeness (QED) is 0.659. The minimum Gasteiger partial charge on any atom is -0.497 e. The van der Waals surface area contributed by atoms with Gasteiger partial charge in [0, 0.05) is 28.4 Å². The van der Waals surface area contributed by atoms with E-state index < -0.39 is 0 Å². The van der Waals surface area contributed by atoms with Gasteiger partial charge in [-0.1, -0.05) is 0 Å². The lowest BCUT2D eigenvalue weighted by Crippen LogP contribution is -1.85. The van der Waals surface area contributed by atoms with Crippen molar-refractivity contribution in [3.05, 3.63) is 53.7 Å². The van der Waals surface area contributed by atoms with Crippen molar-refractivity contribution in [2.45, 2.75) is 5.88 Å². The molecule has 21 heavy (non-hydrogen) atoms. The molecule has 0 aliphatic heterocycles. The van der Waals surface area contributed by atoms with Crippen molar-refractivity contribution in [1.82, 2.24) is 9.97 Å². The van der Waals surface area contributed by atoms with Gasteiger partial charge in [0.15, 0.2) is 0 Å². The fraction of sp³-hybridized carbons (Fsp3) is 0.125. The number of rotatable bonds is 4. The van der Waals surface area contributed by atoms with E-state index >= 15 is 0 Å². The number of pyridine rings is 1. The number of hydrogen-bond acceptors (Lipinski definition) is 4. The average Bonchev–Trinajstić information content (AvgIpc) is 3.00. The van der Waals surface area contributed by atoms with Crippen LogP contribution < -0.4 is 4.74 Å². The molecule has 0 bridgehead atoms. The smallest absolute Gasteiger partial charge is 0.125 e. The molecule has 106 valence electrons. The maximum absolute atomic E-state index is 6.07. The fourth-order valence-electron chi connectivity index (χ4n) is 2.03. The molecule has 3 rings (SSSR count). The maximum Gasteiger partial charge on any atom is 0.125 e. The number of benzene rings is 1. The van der Waals surface area contributed by atoms with Gasteiger partial charge in [0.05, 0.1) is 18.7 Å².